The fraction of sp³-hybridized carbons (Fsp3) is 0.500. The van der Waals surface area contributed by atoms with Crippen LogP contribution in [0.25, 0.3) is 0 Å². The van der Waals surface area contributed by atoms with E-state index >= 15 is 0 Å². The fourth-order valence-corrected chi connectivity index (χ4v) is 5.21. The highest BCUT2D eigenvalue weighted by Crippen LogP contribution is 2.47. The lowest BCUT2D eigenvalue weighted by molar-refractivity contribution is 0.612. The van der Waals surface area contributed by atoms with Gasteiger partial charge in [-0.05, 0) is 25.0 Å². The van der Waals surface area contributed by atoms with Crippen LogP contribution in [0.3, 0.4) is 0 Å². The van der Waals surface area contributed by atoms with Gasteiger partial charge in [-0.3, -0.25) is 0 Å². The normalized spacial score (nSPS) is 41.6. The van der Waals surface area contributed by atoms with Crippen LogP contribution in [0, 0.1) is 0 Å². The summed E-state index contributed by atoms with van der Waals surface area (Å²) in [6, 6.07) is 10.7. The van der Waals surface area contributed by atoms with Crippen molar-refractivity contribution >= 4 is 42.8 Å². The van der Waals surface area contributed by atoms with Crippen LogP contribution in [0.4, 0.5) is 0 Å². The van der Waals surface area contributed by atoms with Crippen LogP contribution in [0.1, 0.15) is 12.8 Å². The molecule has 17 heavy (non-hydrogen) atoms. The lowest BCUT2D eigenvalue weighted by Gasteiger charge is -2.19. The first-order valence-corrected chi connectivity index (χ1v) is 8.65. The van der Waals surface area contributed by atoms with E-state index in [0.717, 1.165) is 17.7 Å². The van der Waals surface area contributed by atoms with Crippen molar-refractivity contribution in [3.63, 3.8) is 0 Å². The van der Waals surface area contributed by atoms with E-state index in [1.807, 2.05) is 30.3 Å². The average Bonchev–Trinajstić information content (AvgIpc) is 3.02. The molecule has 1 heterocycles. The van der Waals surface area contributed by atoms with E-state index in [-0.39, 0.29) is 0 Å². The van der Waals surface area contributed by atoms with Gasteiger partial charge in [0.05, 0.1) is 4.90 Å². The Morgan fingerprint density at radius 1 is 1.06 bits per heavy atom. The quantitative estimate of drug-likeness (QED) is 0.572. The number of hydrogen-bond acceptors (Lipinski definition) is 1. The van der Waals surface area contributed by atoms with E-state index in [4.69, 9.17) is 0 Å². The van der Waals surface area contributed by atoms with Gasteiger partial charge in [0.15, 0.2) is 0 Å². The molecule has 0 spiro atoms. The van der Waals surface area contributed by atoms with Crippen molar-refractivity contribution in [2.24, 2.45) is 0 Å². The van der Waals surface area contributed by atoms with Crippen LogP contribution in [-0.2, 0) is 11.0 Å². The standard InChI is InChI=1S/C12H13Br2NOS/c13-9-6-11-12(7-10(9)14)15(11)17(16)8-4-2-1-3-5-8/h1-5,9-12H,6-7H2/t9-,10-,11-,12+,15?,17-/m0/s1. The van der Waals surface area contributed by atoms with E-state index in [1.165, 1.54) is 0 Å². The summed E-state index contributed by atoms with van der Waals surface area (Å²) < 4.78 is 14.5. The number of alkyl halides is 2. The van der Waals surface area contributed by atoms with Crippen LogP contribution in [0.15, 0.2) is 35.2 Å². The smallest absolute Gasteiger partial charge is 0.128 e. The van der Waals surface area contributed by atoms with Crippen LogP contribution >= 0.6 is 31.9 Å². The summed E-state index contributed by atoms with van der Waals surface area (Å²) in [5.74, 6) is 0. The molecule has 0 bridgehead atoms. The first kappa shape index (κ1) is 12.3. The van der Waals surface area contributed by atoms with Gasteiger partial charge in [0.25, 0.3) is 0 Å². The third-order valence-corrected chi connectivity index (χ3v) is 7.80. The molecule has 1 unspecified atom stereocenters. The summed E-state index contributed by atoms with van der Waals surface area (Å²) in [4.78, 5) is 1.92. The van der Waals surface area contributed by atoms with Crippen molar-refractivity contribution in [1.82, 2.24) is 4.31 Å². The van der Waals surface area contributed by atoms with Gasteiger partial charge in [-0.1, -0.05) is 50.1 Å². The second-order valence-electron chi connectivity index (χ2n) is 4.56. The molecular formula is C12H13Br2NOS. The Morgan fingerprint density at radius 2 is 1.59 bits per heavy atom. The van der Waals surface area contributed by atoms with Crippen LogP contribution < -0.4 is 0 Å². The summed E-state index contributed by atoms with van der Waals surface area (Å²) in [5, 5.41) is 0. The van der Waals surface area contributed by atoms with Gasteiger partial charge in [-0.25, -0.2) is 8.51 Å². The van der Waals surface area contributed by atoms with Crippen molar-refractivity contribution in [2.75, 3.05) is 0 Å². The van der Waals surface area contributed by atoms with Gasteiger partial charge in [-0.15, -0.1) is 0 Å². The van der Waals surface area contributed by atoms with Crippen molar-refractivity contribution in [3.05, 3.63) is 30.3 Å². The molecule has 5 heteroatoms. The summed E-state index contributed by atoms with van der Waals surface area (Å²) in [5.41, 5.74) is 0. The molecule has 2 fully saturated rings. The highest BCUT2D eigenvalue weighted by molar-refractivity contribution is 9.12. The Bertz CT molecular complexity index is 425. The third kappa shape index (κ3) is 2.27. The zero-order chi connectivity index (χ0) is 12.0. The maximum absolute atomic E-state index is 12.4. The predicted molar refractivity (Wildman–Crippen MR) is 76.9 cm³/mol. The van der Waals surface area contributed by atoms with Gasteiger partial charge in [0, 0.05) is 21.7 Å². The summed E-state index contributed by atoms with van der Waals surface area (Å²) >= 11 is 7.36. The van der Waals surface area contributed by atoms with Crippen LogP contribution in [0.2, 0.25) is 0 Å². The third-order valence-electron chi connectivity index (χ3n) is 3.47. The zero-order valence-corrected chi connectivity index (χ0v) is 13.1. The molecule has 92 valence electrons. The number of fused-ring (bicyclic) bond motifs is 1. The van der Waals surface area contributed by atoms with Crippen LogP contribution in [-0.4, -0.2) is 30.3 Å². The minimum Gasteiger partial charge on any atom is -0.237 e. The first-order valence-electron chi connectivity index (χ1n) is 5.72. The molecule has 0 N–H and O–H groups in total. The largest absolute Gasteiger partial charge is 0.237 e. The molecule has 1 saturated carbocycles. The van der Waals surface area contributed by atoms with Gasteiger partial charge < -0.3 is 0 Å². The maximum Gasteiger partial charge on any atom is 0.128 e. The molecule has 1 aliphatic carbocycles. The van der Waals surface area contributed by atoms with E-state index in [1.54, 1.807) is 0 Å². The Balaban J connectivity index is 1.74. The highest BCUT2D eigenvalue weighted by atomic mass is 79.9. The van der Waals surface area contributed by atoms with E-state index in [2.05, 4.69) is 36.2 Å². The second kappa shape index (κ2) is 4.76. The van der Waals surface area contributed by atoms with Gasteiger partial charge in [0.1, 0.15) is 11.0 Å². The first-order chi connectivity index (χ1) is 8.18. The van der Waals surface area contributed by atoms with E-state index in [9.17, 15) is 4.21 Å². The Hall–Kier alpha value is 0.290. The Kier molecular flexibility index (Phi) is 3.45. The molecule has 1 saturated heterocycles. The summed E-state index contributed by atoms with van der Waals surface area (Å²) in [7, 11) is -0.982. The highest BCUT2D eigenvalue weighted by Gasteiger charge is 2.56. The van der Waals surface area contributed by atoms with Crippen molar-refractivity contribution in [3.8, 4) is 0 Å². The minimum absolute atomic E-state index is 0.495. The number of nitrogens with zero attached hydrogens (tertiary/aromatic N) is 1. The number of hydrogen-bond donors (Lipinski definition) is 0. The van der Waals surface area contributed by atoms with Gasteiger partial charge >= 0.3 is 0 Å². The monoisotopic (exact) mass is 377 g/mol. The van der Waals surface area contributed by atoms with Crippen molar-refractivity contribution in [2.45, 2.75) is 39.5 Å². The maximum atomic E-state index is 12.4. The topological polar surface area (TPSA) is 20.1 Å². The summed E-state index contributed by atoms with van der Waals surface area (Å²) in [6.45, 7) is 0. The van der Waals surface area contributed by atoms with E-state index < -0.39 is 11.0 Å². The SMILES string of the molecule is O=[S@@](c1ccccc1)N1[C@@H]2C[C@H](Br)[C@@H](Br)C[C@@H]21. The molecule has 0 aromatic heterocycles. The molecular weight excluding hydrogens is 366 g/mol. The molecule has 3 rings (SSSR count). The molecule has 0 radical (unpaired) electrons. The Morgan fingerprint density at radius 3 is 2.12 bits per heavy atom. The lowest BCUT2D eigenvalue weighted by Crippen LogP contribution is -2.24. The molecule has 1 aromatic rings. The second-order valence-corrected chi connectivity index (χ2v) is 8.30. The molecule has 1 aliphatic heterocycles. The average molecular weight is 379 g/mol. The van der Waals surface area contributed by atoms with Gasteiger partial charge in [0.2, 0.25) is 0 Å². The molecule has 6 atom stereocenters. The molecule has 2 nitrogen and oxygen atoms in total. The van der Waals surface area contributed by atoms with Crippen LogP contribution in [0.5, 0.6) is 0 Å². The number of rotatable bonds is 2. The molecule has 2 aliphatic rings. The number of halogens is 2. The fourth-order valence-electron chi connectivity index (χ4n) is 2.49. The Labute approximate surface area is 121 Å². The molecule has 0 amide bonds. The van der Waals surface area contributed by atoms with Crippen molar-refractivity contribution in [1.29, 1.82) is 0 Å². The minimum atomic E-state index is -0.982. The number of benzene rings is 1. The zero-order valence-electron chi connectivity index (χ0n) is 9.13. The summed E-state index contributed by atoms with van der Waals surface area (Å²) in [6.07, 6.45) is 2.16. The molecule has 1 aromatic carbocycles. The van der Waals surface area contributed by atoms with Gasteiger partial charge in [-0.2, -0.15) is 0 Å². The van der Waals surface area contributed by atoms with E-state index in [0.29, 0.717) is 21.7 Å². The predicted octanol–water partition coefficient (Wildman–Crippen LogP) is 3.08. The van der Waals surface area contributed by atoms with Crippen molar-refractivity contribution < 1.29 is 4.21 Å². The lowest BCUT2D eigenvalue weighted by atomic mass is 10.0.